The minimum atomic E-state index is -0.533. The first kappa shape index (κ1) is 12.4. The van der Waals surface area contributed by atoms with Crippen molar-refractivity contribution in [3.05, 3.63) is 50.9 Å². The van der Waals surface area contributed by atoms with E-state index in [0.29, 0.717) is 6.42 Å². The molecule has 0 aliphatic heterocycles. The monoisotopic (exact) mass is 310 g/mol. The van der Waals surface area contributed by atoms with Crippen molar-refractivity contribution in [2.45, 2.75) is 12.5 Å². The lowest BCUT2D eigenvalue weighted by Gasteiger charge is -2.08. The first-order valence-corrected chi connectivity index (χ1v) is 6.75. The summed E-state index contributed by atoms with van der Waals surface area (Å²) in [5.41, 5.74) is 6.77. The molecule has 0 aliphatic carbocycles. The zero-order chi connectivity index (χ0) is 12.3. The van der Waals surface area contributed by atoms with Gasteiger partial charge in [0.25, 0.3) is 0 Å². The maximum atomic E-state index is 12.0. The molecule has 0 radical (unpaired) electrons. The minimum Gasteiger partial charge on any atom is -0.317 e. The molecule has 1 atom stereocenters. The lowest BCUT2D eigenvalue weighted by molar-refractivity contribution is -0.119. The van der Waals surface area contributed by atoms with Crippen molar-refractivity contribution in [1.82, 2.24) is 4.98 Å². The van der Waals surface area contributed by atoms with E-state index in [9.17, 15) is 4.79 Å². The number of pyridine rings is 1. The second-order valence-corrected chi connectivity index (χ2v) is 5.54. The van der Waals surface area contributed by atoms with Crippen molar-refractivity contribution >= 4 is 33.0 Å². The number of nitrogens with two attached hydrogens (primary N) is 1. The van der Waals surface area contributed by atoms with Crippen LogP contribution < -0.4 is 5.73 Å². The average Bonchev–Trinajstić information content (AvgIpc) is 2.81. The van der Waals surface area contributed by atoms with Gasteiger partial charge < -0.3 is 5.73 Å². The number of halogens is 1. The number of thiophene rings is 1. The number of nitrogens with zero attached hydrogens (tertiary/aromatic N) is 1. The normalized spacial score (nSPS) is 12.4. The summed E-state index contributed by atoms with van der Waals surface area (Å²) in [5, 5.41) is 1.92. The largest absolute Gasteiger partial charge is 0.317 e. The Hall–Kier alpha value is -1.04. The van der Waals surface area contributed by atoms with E-state index >= 15 is 0 Å². The van der Waals surface area contributed by atoms with Crippen LogP contribution in [0.15, 0.2) is 40.4 Å². The molecule has 0 saturated heterocycles. The molecule has 0 aromatic carbocycles. The third-order valence-electron chi connectivity index (χ3n) is 2.34. The van der Waals surface area contributed by atoms with Gasteiger partial charge in [0.15, 0.2) is 5.78 Å². The zero-order valence-corrected chi connectivity index (χ0v) is 11.4. The zero-order valence-electron chi connectivity index (χ0n) is 8.97. The van der Waals surface area contributed by atoms with Gasteiger partial charge in [0.05, 0.1) is 6.04 Å². The van der Waals surface area contributed by atoms with Crippen LogP contribution in [-0.2, 0) is 11.2 Å². The van der Waals surface area contributed by atoms with Crippen LogP contribution in [0.2, 0.25) is 0 Å². The standard InChI is InChI=1S/C12H11BrN2OS/c13-9-4-8(6-15-7-9)5-10(16)12(14)11-2-1-3-17-11/h1-4,6-7,12H,5,14H2. The quantitative estimate of drug-likeness (QED) is 0.944. The molecule has 5 heteroatoms. The van der Waals surface area contributed by atoms with Gasteiger partial charge in [0.2, 0.25) is 0 Å². The Kier molecular flexibility index (Phi) is 4.04. The average molecular weight is 311 g/mol. The number of Topliss-reactive ketones (excluding diaryl/α,β-unsaturated/α-hetero) is 1. The Morgan fingerprint density at radius 1 is 1.53 bits per heavy atom. The van der Waals surface area contributed by atoms with Crippen LogP contribution in [0.1, 0.15) is 16.5 Å². The van der Waals surface area contributed by atoms with E-state index in [4.69, 9.17) is 5.73 Å². The van der Waals surface area contributed by atoms with Crippen molar-refractivity contribution in [2.75, 3.05) is 0 Å². The van der Waals surface area contributed by atoms with Gasteiger partial charge in [-0.05, 0) is 39.0 Å². The van der Waals surface area contributed by atoms with Gasteiger partial charge in [-0.3, -0.25) is 9.78 Å². The molecular formula is C12H11BrN2OS. The summed E-state index contributed by atoms with van der Waals surface area (Å²) in [5.74, 6) is 0.00681. The second-order valence-electron chi connectivity index (χ2n) is 3.65. The molecule has 0 spiro atoms. The van der Waals surface area contributed by atoms with Gasteiger partial charge in [-0.2, -0.15) is 0 Å². The Morgan fingerprint density at radius 3 is 3.00 bits per heavy atom. The molecular weight excluding hydrogens is 300 g/mol. The highest BCUT2D eigenvalue weighted by molar-refractivity contribution is 9.10. The predicted octanol–water partition coefficient (Wildman–Crippen LogP) is 2.72. The highest BCUT2D eigenvalue weighted by Crippen LogP contribution is 2.19. The molecule has 88 valence electrons. The fraction of sp³-hybridized carbons (Fsp3) is 0.167. The number of rotatable bonds is 4. The molecule has 2 heterocycles. The summed E-state index contributed by atoms with van der Waals surface area (Å²) in [4.78, 5) is 16.9. The molecule has 0 bridgehead atoms. The number of hydrogen-bond donors (Lipinski definition) is 1. The number of ketones is 1. The molecule has 2 N–H and O–H groups in total. The topological polar surface area (TPSA) is 56.0 Å². The lowest BCUT2D eigenvalue weighted by atomic mass is 10.0. The van der Waals surface area contributed by atoms with Crippen LogP contribution in [0.25, 0.3) is 0 Å². The van der Waals surface area contributed by atoms with Crippen LogP contribution in [0.5, 0.6) is 0 Å². The third kappa shape index (κ3) is 3.21. The molecule has 0 aliphatic rings. The fourth-order valence-electron chi connectivity index (χ4n) is 1.49. The molecule has 0 amide bonds. The highest BCUT2D eigenvalue weighted by Gasteiger charge is 2.17. The summed E-state index contributed by atoms with van der Waals surface area (Å²) < 4.78 is 0.868. The van der Waals surface area contributed by atoms with E-state index in [-0.39, 0.29) is 5.78 Å². The molecule has 0 fully saturated rings. The van der Waals surface area contributed by atoms with Crippen LogP contribution >= 0.6 is 27.3 Å². The summed E-state index contributed by atoms with van der Waals surface area (Å²) in [6.45, 7) is 0. The first-order chi connectivity index (χ1) is 8.16. The maximum Gasteiger partial charge on any atom is 0.159 e. The smallest absolute Gasteiger partial charge is 0.159 e. The summed E-state index contributed by atoms with van der Waals surface area (Å²) in [6.07, 6.45) is 3.68. The third-order valence-corrected chi connectivity index (χ3v) is 3.73. The number of carbonyl (C=O) groups is 1. The molecule has 2 rings (SSSR count). The van der Waals surface area contributed by atoms with Gasteiger partial charge in [-0.1, -0.05) is 6.07 Å². The highest BCUT2D eigenvalue weighted by atomic mass is 79.9. The van der Waals surface area contributed by atoms with Crippen molar-refractivity contribution in [1.29, 1.82) is 0 Å². The van der Waals surface area contributed by atoms with Crippen LogP contribution in [-0.4, -0.2) is 10.8 Å². The van der Waals surface area contributed by atoms with E-state index < -0.39 is 6.04 Å². The van der Waals surface area contributed by atoms with Crippen molar-refractivity contribution in [3.63, 3.8) is 0 Å². The SMILES string of the molecule is NC(C(=O)Cc1cncc(Br)c1)c1cccs1. The van der Waals surface area contributed by atoms with Gasteiger partial charge in [-0.15, -0.1) is 11.3 Å². The molecule has 1 unspecified atom stereocenters. The van der Waals surface area contributed by atoms with Crippen LogP contribution in [0.4, 0.5) is 0 Å². The Balaban J connectivity index is 2.07. The van der Waals surface area contributed by atoms with E-state index in [2.05, 4.69) is 20.9 Å². The number of aromatic nitrogens is 1. The van der Waals surface area contributed by atoms with Gasteiger partial charge in [0.1, 0.15) is 0 Å². The van der Waals surface area contributed by atoms with Crippen molar-refractivity contribution in [3.8, 4) is 0 Å². The minimum absolute atomic E-state index is 0.00681. The molecule has 0 saturated carbocycles. The predicted molar refractivity (Wildman–Crippen MR) is 71.9 cm³/mol. The van der Waals surface area contributed by atoms with Crippen LogP contribution in [0.3, 0.4) is 0 Å². The first-order valence-electron chi connectivity index (χ1n) is 5.08. The molecule has 2 aromatic rings. The van der Waals surface area contributed by atoms with E-state index in [1.165, 1.54) is 11.3 Å². The summed E-state index contributed by atoms with van der Waals surface area (Å²) >= 11 is 4.83. The van der Waals surface area contributed by atoms with E-state index in [1.807, 2.05) is 23.6 Å². The van der Waals surface area contributed by atoms with Gasteiger partial charge >= 0.3 is 0 Å². The number of hydrogen-bond acceptors (Lipinski definition) is 4. The molecule has 2 aromatic heterocycles. The van der Waals surface area contributed by atoms with Gasteiger partial charge in [-0.25, -0.2) is 0 Å². The Labute approximate surface area is 112 Å². The maximum absolute atomic E-state index is 12.0. The fourth-order valence-corrected chi connectivity index (χ4v) is 2.65. The van der Waals surface area contributed by atoms with Crippen molar-refractivity contribution in [2.24, 2.45) is 5.73 Å². The Bertz CT molecular complexity index is 513. The molecule has 3 nitrogen and oxygen atoms in total. The van der Waals surface area contributed by atoms with Gasteiger partial charge in [0, 0.05) is 28.2 Å². The van der Waals surface area contributed by atoms with Crippen molar-refractivity contribution < 1.29 is 4.79 Å². The van der Waals surface area contributed by atoms with Crippen LogP contribution in [0, 0.1) is 0 Å². The summed E-state index contributed by atoms with van der Waals surface area (Å²) in [7, 11) is 0. The molecule has 17 heavy (non-hydrogen) atoms. The number of carbonyl (C=O) groups excluding carboxylic acids is 1. The summed E-state index contributed by atoms with van der Waals surface area (Å²) in [6, 6.07) is 5.13. The lowest BCUT2D eigenvalue weighted by Crippen LogP contribution is -2.22. The second kappa shape index (κ2) is 5.53. The Morgan fingerprint density at radius 2 is 2.35 bits per heavy atom. The van der Waals surface area contributed by atoms with E-state index in [0.717, 1.165) is 14.9 Å². The van der Waals surface area contributed by atoms with E-state index in [1.54, 1.807) is 12.4 Å².